The van der Waals surface area contributed by atoms with Gasteiger partial charge in [0.25, 0.3) is 0 Å². The highest BCUT2D eigenvalue weighted by molar-refractivity contribution is 5.99. The second kappa shape index (κ2) is 9.23. The minimum atomic E-state index is -4.42. The van der Waals surface area contributed by atoms with E-state index in [2.05, 4.69) is 10.1 Å². The molecule has 1 aliphatic heterocycles. The number of rotatable bonds is 5. The molecule has 38 heavy (non-hydrogen) atoms. The van der Waals surface area contributed by atoms with E-state index in [9.17, 15) is 18.3 Å². The minimum Gasteiger partial charge on any atom is -0.386 e. The Morgan fingerprint density at radius 1 is 1.08 bits per heavy atom. The van der Waals surface area contributed by atoms with Crippen LogP contribution in [0.15, 0.2) is 40.3 Å². The molecule has 0 saturated heterocycles. The predicted octanol–water partition coefficient (Wildman–Crippen LogP) is 5.13. The zero-order valence-corrected chi connectivity index (χ0v) is 21.7. The Labute approximate surface area is 218 Å². The lowest BCUT2D eigenvalue weighted by Gasteiger charge is -2.18. The number of hydrogen-bond acceptors (Lipinski definition) is 6. The quantitative estimate of drug-likeness (QED) is 0.481. The van der Waals surface area contributed by atoms with E-state index in [4.69, 9.17) is 15.8 Å². The SMILES string of the molecule is Cc1nn(C2=CC(N)=Nc3c(c(-c4ccc(C(F)(F)F)cc4)nn3CC3CC3)CC=N2)c(C)c1C(C)(C)O. The number of amidine groups is 1. The van der Waals surface area contributed by atoms with Crippen LogP contribution in [0.25, 0.3) is 17.1 Å². The van der Waals surface area contributed by atoms with Crippen LogP contribution in [0.5, 0.6) is 0 Å². The fraction of sp³-hybridized carbons (Fsp3) is 0.407. The lowest BCUT2D eigenvalue weighted by atomic mass is 9.96. The Morgan fingerprint density at radius 2 is 1.76 bits per heavy atom. The molecular formula is C27H30F3N7O. The lowest BCUT2D eigenvalue weighted by Crippen LogP contribution is -2.18. The number of benzene rings is 1. The molecule has 1 fully saturated rings. The molecule has 0 bridgehead atoms. The van der Waals surface area contributed by atoms with Gasteiger partial charge in [0.15, 0.2) is 11.6 Å². The maximum Gasteiger partial charge on any atom is 0.416 e. The highest BCUT2D eigenvalue weighted by Gasteiger charge is 2.31. The topological polar surface area (TPSA) is 107 Å². The molecule has 2 aliphatic rings. The molecule has 3 N–H and O–H groups in total. The van der Waals surface area contributed by atoms with E-state index in [1.54, 1.807) is 35.5 Å². The molecule has 0 radical (unpaired) electrons. The average Bonchev–Trinajstić information content (AvgIpc) is 3.48. The highest BCUT2D eigenvalue weighted by Crippen LogP contribution is 2.38. The van der Waals surface area contributed by atoms with Gasteiger partial charge in [0, 0.05) is 47.6 Å². The van der Waals surface area contributed by atoms with Crippen molar-refractivity contribution in [3.63, 3.8) is 0 Å². The van der Waals surface area contributed by atoms with E-state index >= 15 is 0 Å². The molecule has 3 heterocycles. The molecule has 0 atom stereocenters. The number of hydrogen-bond donors (Lipinski definition) is 2. The molecule has 0 spiro atoms. The van der Waals surface area contributed by atoms with Crippen LogP contribution in [0.3, 0.4) is 0 Å². The van der Waals surface area contributed by atoms with Crippen molar-refractivity contribution in [2.45, 2.75) is 65.3 Å². The number of aryl methyl sites for hydroxylation is 1. The van der Waals surface area contributed by atoms with Crippen LogP contribution in [-0.4, -0.2) is 36.7 Å². The molecule has 200 valence electrons. The Bertz CT molecular complexity index is 1460. The maximum absolute atomic E-state index is 13.1. The number of aliphatic hydroxyl groups is 1. The van der Waals surface area contributed by atoms with Crippen molar-refractivity contribution in [2.75, 3.05) is 0 Å². The first-order chi connectivity index (χ1) is 17.8. The zero-order chi connectivity index (χ0) is 27.4. The molecule has 2 aromatic heterocycles. The van der Waals surface area contributed by atoms with E-state index in [-0.39, 0.29) is 5.84 Å². The van der Waals surface area contributed by atoms with Gasteiger partial charge < -0.3 is 10.8 Å². The summed E-state index contributed by atoms with van der Waals surface area (Å²) < 4.78 is 42.8. The zero-order valence-electron chi connectivity index (χ0n) is 21.7. The first-order valence-electron chi connectivity index (χ1n) is 12.5. The fourth-order valence-electron chi connectivity index (χ4n) is 4.95. The van der Waals surface area contributed by atoms with Gasteiger partial charge in [-0.15, -0.1) is 0 Å². The number of aromatic nitrogens is 4. The third kappa shape index (κ3) is 5.02. The number of halogens is 3. The summed E-state index contributed by atoms with van der Waals surface area (Å²) in [7, 11) is 0. The van der Waals surface area contributed by atoms with Crippen molar-refractivity contribution in [3.05, 3.63) is 58.4 Å². The summed E-state index contributed by atoms with van der Waals surface area (Å²) in [6, 6.07) is 4.99. The normalized spacial score (nSPS) is 16.4. The third-order valence-corrected chi connectivity index (χ3v) is 6.79. The van der Waals surface area contributed by atoms with Crippen LogP contribution in [0.4, 0.5) is 19.0 Å². The average molecular weight is 526 g/mol. The van der Waals surface area contributed by atoms with E-state index in [0.717, 1.165) is 36.2 Å². The molecule has 1 aliphatic carbocycles. The van der Waals surface area contributed by atoms with Crippen LogP contribution in [0, 0.1) is 19.8 Å². The molecule has 5 rings (SSSR count). The second-order valence-electron chi connectivity index (χ2n) is 10.4. The largest absolute Gasteiger partial charge is 0.416 e. The molecule has 11 heteroatoms. The van der Waals surface area contributed by atoms with E-state index in [1.165, 1.54) is 12.1 Å². The Balaban J connectivity index is 1.59. The van der Waals surface area contributed by atoms with Crippen LogP contribution >= 0.6 is 0 Å². The number of fused-ring (bicyclic) bond motifs is 1. The van der Waals surface area contributed by atoms with E-state index in [0.29, 0.717) is 53.0 Å². The molecule has 3 aromatic rings. The van der Waals surface area contributed by atoms with Crippen LogP contribution in [0.2, 0.25) is 0 Å². The van der Waals surface area contributed by atoms with Gasteiger partial charge in [-0.2, -0.15) is 23.4 Å². The van der Waals surface area contributed by atoms with Gasteiger partial charge in [0.2, 0.25) is 0 Å². The van der Waals surface area contributed by atoms with Crippen LogP contribution in [-0.2, 0) is 24.7 Å². The van der Waals surface area contributed by atoms with Gasteiger partial charge in [-0.3, -0.25) is 0 Å². The van der Waals surface area contributed by atoms with Gasteiger partial charge >= 0.3 is 6.18 Å². The van der Waals surface area contributed by atoms with Gasteiger partial charge in [-0.05, 0) is 58.6 Å². The maximum atomic E-state index is 13.1. The summed E-state index contributed by atoms with van der Waals surface area (Å²) in [6.45, 7) is 7.74. The Morgan fingerprint density at radius 3 is 2.34 bits per heavy atom. The number of nitrogens with zero attached hydrogens (tertiary/aromatic N) is 6. The standard InChI is InChI=1S/C27H30F3N7O/c1-15-23(26(3,4)38)16(2)37(34-15)22-13-21(31)33-25-20(11-12-32-22)24(35-36(25)14-17-5-6-17)18-7-9-19(10-8-18)27(28,29)30/h7-10,12-13,17,38H,5-6,11,14H2,1-4H3,(H2,31,33). The van der Waals surface area contributed by atoms with Crippen molar-refractivity contribution in [1.82, 2.24) is 19.6 Å². The number of nitrogens with two attached hydrogens (primary N) is 1. The summed E-state index contributed by atoms with van der Waals surface area (Å²) in [5.41, 5.74) is 8.52. The Hall–Kier alpha value is -3.73. The molecule has 1 aromatic carbocycles. The molecule has 8 nitrogen and oxygen atoms in total. The van der Waals surface area contributed by atoms with Crippen LogP contribution in [0.1, 0.15) is 54.8 Å². The number of alkyl halides is 3. The Kier molecular flexibility index (Phi) is 6.29. The summed E-state index contributed by atoms with van der Waals surface area (Å²) in [4.78, 5) is 9.33. The number of aliphatic imine (C=N–C) groups is 2. The second-order valence-corrected chi connectivity index (χ2v) is 10.4. The summed E-state index contributed by atoms with van der Waals surface area (Å²) in [5.74, 6) is 1.68. The highest BCUT2D eigenvalue weighted by atomic mass is 19.4. The smallest absolute Gasteiger partial charge is 0.386 e. The summed E-state index contributed by atoms with van der Waals surface area (Å²) in [5, 5.41) is 20.0. The summed E-state index contributed by atoms with van der Waals surface area (Å²) in [6.07, 6.45) is 1.42. The van der Waals surface area contributed by atoms with Crippen molar-refractivity contribution in [3.8, 4) is 11.3 Å². The van der Waals surface area contributed by atoms with Gasteiger partial charge in [-0.1, -0.05) is 12.1 Å². The van der Waals surface area contributed by atoms with Gasteiger partial charge in [-0.25, -0.2) is 19.3 Å². The van der Waals surface area contributed by atoms with Crippen molar-refractivity contribution >= 4 is 23.7 Å². The summed E-state index contributed by atoms with van der Waals surface area (Å²) >= 11 is 0. The van der Waals surface area contributed by atoms with Gasteiger partial charge in [0.1, 0.15) is 5.84 Å². The predicted molar refractivity (Wildman–Crippen MR) is 140 cm³/mol. The first-order valence-corrected chi connectivity index (χ1v) is 12.5. The first kappa shape index (κ1) is 25.9. The molecule has 0 amide bonds. The van der Waals surface area contributed by atoms with Crippen molar-refractivity contribution < 1.29 is 18.3 Å². The molecular weight excluding hydrogens is 495 g/mol. The van der Waals surface area contributed by atoms with Gasteiger partial charge in [0.05, 0.1) is 22.6 Å². The van der Waals surface area contributed by atoms with E-state index < -0.39 is 17.3 Å². The minimum absolute atomic E-state index is 0.188. The third-order valence-electron chi connectivity index (χ3n) is 6.79. The van der Waals surface area contributed by atoms with Crippen LogP contribution < -0.4 is 5.73 Å². The van der Waals surface area contributed by atoms with E-state index in [1.807, 2.05) is 13.8 Å². The van der Waals surface area contributed by atoms with Crippen molar-refractivity contribution in [2.24, 2.45) is 21.6 Å². The molecule has 0 unspecified atom stereocenters. The van der Waals surface area contributed by atoms with Crippen molar-refractivity contribution in [1.29, 1.82) is 0 Å². The molecule has 1 saturated carbocycles. The fourth-order valence-corrected chi connectivity index (χ4v) is 4.95. The lowest BCUT2D eigenvalue weighted by molar-refractivity contribution is -0.137. The monoisotopic (exact) mass is 525 g/mol.